The molecule has 1 aromatic rings. The molecule has 0 heterocycles. The fourth-order valence-corrected chi connectivity index (χ4v) is 2.34. The minimum absolute atomic E-state index is 0.0614. The number of Topliss-reactive ketones (excluding diaryl/α,β-unsaturated/α-hetero) is 1. The smallest absolute Gasteiger partial charge is 0.192 e. The van der Waals surface area contributed by atoms with Crippen LogP contribution in [0.2, 0.25) is 0 Å². The van der Waals surface area contributed by atoms with E-state index in [-0.39, 0.29) is 24.0 Å². The van der Waals surface area contributed by atoms with Gasteiger partial charge in [-0.2, -0.15) is 0 Å². The molecule has 0 saturated heterocycles. The normalized spacial score (nSPS) is 21.0. The predicted molar refractivity (Wildman–Crippen MR) is 61.8 cm³/mol. The topological polar surface area (TPSA) is 17.1 Å². The van der Waals surface area contributed by atoms with Crippen molar-refractivity contribution in [1.29, 1.82) is 0 Å². The van der Waals surface area contributed by atoms with Gasteiger partial charge in [-0.15, -0.1) is 0 Å². The molecular weight excluding hydrogens is 203 g/mol. The average molecular weight is 218 g/mol. The summed E-state index contributed by atoms with van der Waals surface area (Å²) in [6.45, 7) is 3.87. The largest absolute Gasteiger partial charge is 0.292 e. The van der Waals surface area contributed by atoms with Crippen molar-refractivity contribution < 1.29 is 9.18 Å². The Hall–Kier alpha value is -1.44. The van der Waals surface area contributed by atoms with Crippen LogP contribution >= 0.6 is 0 Å². The summed E-state index contributed by atoms with van der Waals surface area (Å²) in [6, 6.07) is 9.69. The molecule has 0 bridgehead atoms. The Morgan fingerprint density at radius 2 is 1.88 bits per heavy atom. The third-order valence-corrected chi connectivity index (χ3v) is 3.09. The molecule has 0 aromatic heterocycles. The van der Waals surface area contributed by atoms with Gasteiger partial charge in [0.15, 0.2) is 11.6 Å². The third kappa shape index (κ3) is 1.80. The molecule has 0 saturated carbocycles. The van der Waals surface area contributed by atoms with Crippen molar-refractivity contribution in [3.05, 3.63) is 47.3 Å². The fourth-order valence-electron chi connectivity index (χ4n) is 2.34. The number of carbonyl (C=O) groups is 1. The molecule has 0 N–H and O–H groups in total. The zero-order valence-electron chi connectivity index (χ0n) is 9.53. The Morgan fingerprint density at radius 1 is 1.25 bits per heavy atom. The molecule has 0 spiro atoms. The number of allylic oxidation sites excluding steroid dienone is 2. The molecule has 2 heteroatoms. The van der Waals surface area contributed by atoms with Gasteiger partial charge >= 0.3 is 0 Å². The van der Waals surface area contributed by atoms with E-state index in [0.29, 0.717) is 5.57 Å². The third-order valence-electron chi connectivity index (χ3n) is 3.09. The Balaban J connectivity index is 2.41. The number of rotatable bonds is 2. The molecule has 1 atom stereocenters. The standard InChI is InChI=1S/C14H15FO/c1-9(2)13-11(8-12(16)14(13)15)10-6-4-3-5-7-10/h3-7,9,11H,8H2,1-2H3. The molecule has 2 rings (SSSR count). The van der Waals surface area contributed by atoms with Gasteiger partial charge in [-0.1, -0.05) is 44.2 Å². The Bertz CT molecular complexity index is 431. The second kappa shape index (κ2) is 4.20. The van der Waals surface area contributed by atoms with Gasteiger partial charge in [0.1, 0.15) is 0 Å². The molecule has 1 unspecified atom stereocenters. The summed E-state index contributed by atoms with van der Waals surface area (Å²) in [5.41, 5.74) is 1.70. The molecule has 0 amide bonds. The molecule has 1 nitrogen and oxygen atoms in total. The van der Waals surface area contributed by atoms with Crippen LogP contribution in [0, 0.1) is 5.92 Å². The van der Waals surface area contributed by atoms with Crippen molar-refractivity contribution in [3.8, 4) is 0 Å². The van der Waals surface area contributed by atoms with Gasteiger partial charge in [0.2, 0.25) is 0 Å². The van der Waals surface area contributed by atoms with E-state index in [4.69, 9.17) is 0 Å². The number of ketones is 1. The minimum Gasteiger partial charge on any atom is -0.292 e. The Morgan fingerprint density at radius 3 is 2.44 bits per heavy atom. The van der Waals surface area contributed by atoms with E-state index in [1.54, 1.807) is 0 Å². The summed E-state index contributed by atoms with van der Waals surface area (Å²) in [4.78, 5) is 11.4. The summed E-state index contributed by atoms with van der Waals surface area (Å²) in [5.74, 6) is -0.841. The number of hydrogen-bond donors (Lipinski definition) is 0. The lowest BCUT2D eigenvalue weighted by molar-refractivity contribution is -0.116. The molecule has 0 radical (unpaired) electrons. The first-order valence-electron chi connectivity index (χ1n) is 5.59. The first-order valence-corrected chi connectivity index (χ1v) is 5.59. The molecule has 0 fully saturated rings. The summed E-state index contributed by atoms with van der Waals surface area (Å²) in [5, 5.41) is 0. The zero-order chi connectivity index (χ0) is 11.7. The lowest BCUT2D eigenvalue weighted by atomic mass is 9.87. The van der Waals surface area contributed by atoms with E-state index in [1.807, 2.05) is 44.2 Å². The summed E-state index contributed by atoms with van der Waals surface area (Å²) in [6.07, 6.45) is 0.281. The fraction of sp³-hybridized carbons (Fsp3) is 0.357. The highest BCUT2D eigenvalue weighted by Gasteiger charge is 2.34. The first-order chi connectivity index (χ1) is 7.61. The van der Waals surface area contributed by atoms with E-state index < -0.39 is 5.83 Å². The zero-order valence-corrected chi connectivity index (χ0v) is 9.53. The number of hydrogen-bond acceptors (Lipinski definition) is 1. The van der Waals surface area contributed by atoms with Crippen LogP contribution in [0.15, 0.2) is 41.7 Å². The Labute approximate surface area is 95.0 Å². The molecule has 1 aliphatic carbocycles. The quantitative estimate of drug-likeness (QED) is 0.741. The van der Waals surface area contributed by atoms with Crippen molar-refractivity contribution in [1.82, 2.24) is 0 Å². The van der Waals surface area contributed by atoms with Crippen molar-refractivity contribution in [2.24, 2.45) is 5.92 Å². The van der Waals surface area contributed by atoms with Crippen molar-refractivity contribution in [3.63, 3.8) is 0 Å². The predicted octanol–water partition coefficient (Wildman–Crippen LogP) is 3.62. The van der Waals surface area contributed by atoms with E-state index in [1.165, 1.54) is 0 Å². The van der Waals surface area contributed by atoms with Crippen LogP contribution in [0.4, 0.5) is 4.39 Å². The second-order valence-corrected chi connectivity index (χ2v) is 4.51. The maximum atomic E-state index is 13.7. The van der Waals surface area contributed by atoms with Gasteiger partial charge in [-0.05, 0) is 17.1 Å². The van der Waals surface area contributed by atoms with Crippen molar-refractivity contribution >= 4 is 5.78 Å². The van der Waals surface area contributed by atoms with Gasteiger partial charge in [0.05, 0.1) is 0 Å². The monoisotopic (exact) mass is 218 g/mol. The molecule has 16 heavy (non-hydrogen) atoms. The van der Waals surface area contributed by atoms with Gasteiger partial charge in [0.25, 0.3) is 0 Å². The second-order valence-electron chi connectivity index (χ2n) is 4.51. The molecule has 0 aliphatic heterocycles. The van der Waals surface area contributed by atoms with Crippen molar-refractivity contribution in [2.45, 2.75) is 26.2 Å². The van der Waals surface area contributed by atoms with Gasteiger partial charge in [-0.25, -0.2) is 4.39 Å². The maximum Gasteiger partial charge on any atom is 0.192 e. The van der Waals surface area contributed by atoms with E-state index >= 15 is 0 Å². The summed E-state index contributed by atoms with van der Waals surface area (Å²) < 4.78 is 13.7. The highest BCUT2D eigenvalue weighted by Crippen LogP contribution is 2.41. The summed E-state index contributed by atoms with van der Waals surface area (Å²) in [7, 11) is 0. The lowest BCUT2D eigenvalue weighted by Crippen LogP contribution is -2.04. The highest BCUT2D eigenvalue weighted by molar-refractivity contribution is 5.98. The maximum absolute atomic E-state index is 13.7. The van der Waals surface area contributed by atoms with Crippen LogP contribution in [-0.4, -0.2) is 5.78 Å². The lowest BCUT2D eigenvalue weighted by Gasteiger charge is -2.17. The van der Waals surface area contributed by atoms with E-state index in [2.05, 4.69) is 0 Å². The average Bonchev–Trinajstić information content (AvgIpc) is 2.57. The van der Waals surface area contributed by atoms with Crippen LogP contribution in [-0.2, 0) is 4.79 Å². The van der Waals surface area contributed by atoms with E-state index in [0.717, 1.165) is 5.56 Å². The first kappa shape index (κ1) is 11.1. The number of carbonyl (C=O) groups excluding carboxylic acids is 1. The van der Waals surface area contributed by atoms with Crippen LogP contribution < -0.4 is 0 Å². The number of halogens is 1. The van der Waals surface area contributed by atoms with Crippen LogP contribution in [0.1, 0.15) is 31.7 Å². The molecular formula is C14H15FO. The molecule has 1 aliphatic rings. The summed E-state index contributed by atoms with van der Waals surface area (Å²) >= 11 is 0. The minimum atomic E-state index is -0.510. The van der Waals surface area contributed by atoms with Gasteiger partial charge < -0.3 is 0 Å². The molecule has 1 aromatic carbocycles. The van der Waals surface area contributed by atoms with E-state index in [9.17, 15) is 9.18 Å². The van der Waals surface area contributed by atoms with Crippen LogP contribution in [0.25, 0.3) is 0 Å². The number of benzene rings is 1. The molecule has 84 valence electrons. The van der Waals surface area contributed by atoms with Gasteiger partial charge in [0, 0.05) is 12.3 Å². The van der Waals surface area contributed by atoms with Crippen LogP contribution in [0.3, 0.4) is 0 Å². The Kier molecular flexibility index (Phi) is 2.90. The highest BCUT2D eigenvalue weighted by atomic mass is 19.1. The SMILES string of the molecule is CC(C)C1=C(F)C(=O)CC1c1ccccc1. The van der Waals surface area contributed by atoms with Crippen molar-refractivity contribution in [2.75, 3.05) is 0 Å². The van der Waals surface area contributed by atoms with Gasteiger partial charge in [-0.3, -0.25) is 4.79 Å². The van der Waals surface area contributed by atoms with Crippen LogP contribution in [0.5, 0.6) is 0 Å².